The molecule has 0 spiro atoms. The number of hydrogen-bond donors (Lipinski definition) is 1. The van der Waals surface area contributed by atoms with Gasteiger partial charge in [0.25, 0.3) is 0 Å². The largest absolute Gasteiger partial charge is 0.293 e. The van der Waals surface area contributed by atoms with Gasteiger partial charge in [-0.2, -0.15) is 12.6 Å². The summed E-state index contributed by atoms with van der Waals surface area (Å²) in [4.78, 5) is 15.5. The molecule has 2 nitrogen and oxygen atoms in total. The summed E-state index contributed by atoms with van der Waals surface area (Å²) in [6, 6.07) is 11.4. The molecule has 0 bridgehead atoms. The van der Waals surface area contributed by atoms with Gasteiger partial charge in [0, 0.05) is 18.0 Å². The lowest BCUT2D eigenvalue weighted by Crippen LogP contribution is -1.99. The summed E-state index contributed by atoms with van der Waals surface area (Å²) in [6.45, 7) is 0. The first-order chi connectivity index (χ1) is 7.81. The Hall–Kier alpha value is -1.61. The molecule has 0 aliphatic rings. The molecule has 80 valence electrons. The molecule has 2 rings (SSSR count). The van der Waals surface area contributed by atoms with Gasteiger partial charge < -0.3 is 0 Å². The number of hydrogen-bond acceptors (Lipinski definition) is 3. The average molecular weight is 229 g/mol. The minimum atomic E-state index is 0.0410. The van der Waals surface area contributed by atoms with Crippen molar-refractivity contribution >= 4 is 18.4 Å². The van der Waals surface area contributed by atoms with Crippen LogP contribution in [0.1, 0.15) is 10.4 Å². The molecule has 0 saturated carbocycles. The summed E-state index contributed by atoms with van der Waals surface area (Å²) >= 11 is 3.99. The number of carbonyl (C=O) groups excluding carboxylic acids is 1. The molecule has 0 atom stereocenters. The van der Waals surface area contributed by atoms with E-state index in [1.807, 2.05) is 36.4 Å². The lowest BCUT2D eigenvalue weighted by molar-refractivity contribution is 0.102. The maximum Gasteiger partial charge on any atom is 0.172 e. The lowest BCUT2D eigenvalue weighted by atomic mass is 10.0. The Labute approximate surface area is 99.8 Å². The van der Waals surface area contributed by atoms with Gasteiger partial charge in [0.2, 0.25) is 0 Å². The van der Waals surface area contributed by atoms with Crippen LogP contribution in [-0.4, -0.2) is 16.5 Å². The summed E-state index contributed by atoms with van der Waals surface area (Å²) < 4.78 is 0. The van der Waals surface area contributed by atoms with Crippen LogP contribution in [0.15, 0.2) is 48.8 Å². The number of carbonyl (C=O) groups is 1. The van der Waals surface area contributed by atoms with E-state index in [1.54, 1.807) is 12.4 Å². The summed E-state index contributed by atoms with van der Waals surface area (Å²) in [5.74, 6) is 0.277. The maximum atomic E-state index is 11.5. The van der Waals surface area contributed by atoms with E-state index in [-0.39, 0.29) is 11.5 Å². The number of rotatable bonds is 3. The standard InChI is InChI=1S/C13H11NOS/c15-13(9-16)12-3-1-2-11(8-12)10-4-6-14-7-5-10/h1-8,16H,9H2. The molecule has 16 heavy (non-hydrogen) atoms. The molecule has 0 aliphatic heterocycles. The zero-order valence-corrected chi connectivity index (χ0v) is 9.52. The zero-order chi connectivity index (χ0) is 11.4. The third-order valence-electron chi connectivity index (χ3n) is 2.34. The Morgan fingerprint density at radius 2 is 1.88 bits per heavy atom. The van der Waals surface area contributed by atoms with Gasteiger partial charge >= 0.3 is 0 Å². The second kappa shape index (κ2) is 4.94. The van der Waals surface area contributed by atoms with Crippen LogP contribution in [-0.2, 0) is 0 Å². The van der Waals surface area contributed by atoms with Crippen molar-refractivity contribution in [3.8, 4) is 11.1 Å². The molecule has 2 aromatic rings. The van der Waals surface area contributed by atoms with Crippen molar-refractivity contribution in [2.24, 2.45) is 0 Å². The Morgan fingerprint density at radius 3 is 2.56 bits per heavy atom. The number of pyridine rings is 1. The molecule has 1 aromatic heterocycles. The Bertz CT molecular complexity index is 496. The van der Waals surface area contributed by atoms with E-state index in [1.165, 1.54) is 0 Å². The normalized spacial score (nSPS) is 10.1. The van der Waals surface area contributed by atoms with Crippen molar-refractivity contribution in [3.05, 3.63) is 54.4 Å². The third kappa shape index (κ3) is 2.31. The van der Waals surface area contributed by atoms with E-state index in [0.717, 1.165) is 11.1 Å². The lowest BCUT2D eigenvalue weighted by Gasteiger charge is -2.03. The number of nitrogens with zero attached hydrogens (tertiary/aromatic N) is 1. The van der Waals surface area contributed by atoms with Gasteiger partial charge in [-0.05, 0) is 29.3 Å². The molecule has 0 fully saturated rings. The van der Waals surface area contributed by atoms with Crippen LogP contribution >= 0.6 is 12.6 Å². The predicted molar refractivity (Wildman–Crippen MR) is 67.9 cm³/mol. The molecule has 0 radical (unpaired) electrons. The number of ketones is 1. The highest BCUT2D eigenvalue weighted by molar-refractivity contribution is 7.81. The van der Waals surface area contributed by atoms with Gasteiger partial charge in [-0.3, -0.25) is 9.78 Å². The van der Waals surface area contributed by atoms with Crippen LogP contribution in [0.3, 0.4) is 0 Å². The van der Waals surface area contributed by atoms with Gasteiger partial charge in [-0.15, -0.1) is 0 Å². The van der Waals surface area contributed by atoms with E-state index >= 15 is 0 Å². The van der Waals surface area contributed by atoms with Crippen molar-refractivity contribution < 1.29 is 4.79 Å². The van der Waals surface area contributed by atoms with E-state index < -0.39 is 0 Å². The Morgan fingerprint density at radius 1 is 1.12 bits per heavy atom. The molecule has 0 saturated heterocycles. The van der Waals surface area contributed by atoms with Crippen LogP contribution in [0.4, 0.5) is 0 Å². The van der Waals surface area contributed by atoms with E-state index in [9.17, 15) is 4.79 Å². The van der Waals surface area contributed by atoms with Gasteiger partial charge in [0.15, 0.2) is 5.78 Å². The Kier molecular flexibility index (Phi) is 3.37. The predicted octanol–water partition coefficient (Wildman–Crippen LogP) is 2.86. The summed E-state index contributed by atoms with van der Waals surface area (Å²) in [6.07, 6.45) is 3.48. The second-order valence-electron chi connectivity index (χ2n) is 3.40. The van der Waals surface area contributed by atoms with Crippen LogP contribution < -0.4 is 0 Å². The molecule has 3 heteroatoms. The van der Waals surface area contributed by atoms with Gasteiger partial charge in [0.1, 0.15) is 0 Å². The fourth-order valence-corrected chi connectivity index (χ4v) is 1.69. The molecule has 1 heterocycles. The highest BCUT2D eigenvalue weighted by Crippen LogP contribution is 2.19. The van der Waals surface area contributed by atoms with Crippen molar-refractivity contribution in [2.45, 2.75) is 0 Å². The van der Waals surface area contributed by atoms with Crippen LogP contribution in [0.25, 0.3) is 11.1 Å². The molecular weight excluding hydrogens is 218 g/mol. The molecular formula is C13H11NOS. The molecule has 0 amide bonds. The molecule has 0 unspecified atom stereocenters. The number of Topliss-reactive ketones (excluding diaryl/α,β-unsaturated/α-hetero) is 1. The highest BCUT2D eigenvalue weighted by Gasteiger charge is 2.04. The molecule has 0 N–H and O–H groups in total. The first kappa shape index (κ1) is 10.9. The Balaban J connectivity index is 2.40. The number of aromatic nitrogens is 1. The van der Waals surface area contributed by atoms with Crippen molar-refractivity contribution in [3.63, 3.8) is 0 Å². The first-order valence-electron chi connectivity index (χ1n) is 4.96. The number of benzene rings is 1. The zero-order valence-electron chi connectivity index (χ0n) is 8.63. The minimum absolute atomic E-state index is 0.0410. The van der Waals surface area contributed by atoms with Gasteiger partial charge in [-0.25, -0.2) is 0 Å². The maximum absolute atomic E-state index is 11.5. The van der Waals surface area contributed by atoms with Crippen molar-refractivity contribution in [1.82, 2.24) is 4.98 Å². The van der Waals surface area contributed by atoms with Gasteiger partial charge in [-0.1, -0.05) is 18.2 Å². The monoisotopic (exact) mass is 229 g/mol. The first-order valence-corrected chi connectivity index (χ1v) is 5.59. The van der Waals surface area contributed by atoms with E-state index in [4.69, 9.17) is 0 Å². The second-order valence-corrected chi connectivity index (χ2v) is 3.71. The fraction of sp³-hybridized carbons (Fsp3) is 0.0769. The summed E-state index contributed by atoms with van der Waals surface area (Å²) in [7, 11) is 0. The SMILES string of the molecule is O=C(CS)c1cccc(-c2ccncc2)c1. The van der Waals surface area contributed by atoms with Crippen LogP contribution in [0, 0.1) is 0 Å². The summed E-state index contributed by atoms with van der Waals surface area (Å²) in [5, 5.41) is 0. The smallest absolute Gasteiger partial charge is 0.172 e. The van der Waals surface area contributed by atoms with Crippen LogP contribution in [0.5, 0.6) is 0 Å². The van der Waals surface area contributed by atoms with E-state index in [2.05, 4.69) is 17.6 Å². The fourth-order valence-electron chi connectivity index (χ4n) is 1.51. The topological polar surface area (TPSA) is 30.0 Å². The minimum Gasteiger partial charge on any atom is -0.293 e. The molecule has 0 aliphatic carbocycles. The van der Waals surface area contributed by atoms with E-state index in [0.29, 0.717) is 5.56 Å². The quantitative estimate of drug-likeness (QED) is 0.648. The highest BCUT2D eigenvalue weighted by atomic mass is 32.1. The van der Waals surface area contributed by atoms with Crippen molar-refractivity contribution in [1.29, 1.82) is 0 Å². The van der Waals surface area contributed by atoms with Gasteiger partial charge in [0.05, 0.1) is 5.75 Å². The summed E-state index contributed by atoms with van der Waals surface area (Å²) in [5.41, 5.74) is 2.78. The third-order valence-corrected chi connectivity index (χ3v) is 2.63. The molecule has 1 aromatic carbocycles. The number of thiol groups is 1. The van der Waals surface area contributed by atoms with Crippen molar-refractivity contribution in [2.75, 3.05) is 5.75 Å². The van der Waals surface area contributed by atoms with Crippen LogP contribution in [0.2, 0.25) is 0 Å². The average Bonchev–Trinajstić information content (AvgIpc) is 2.39.